The highest BCUT2D eigenvalue weighted by molar-refractivity contribution is 9.09. The van der Waals surface area contributed by atoms with Gasteiger partial charge in [0.2, 0.25) is 0 Å². The summed E-state index contributed by atoms with van der Waals surface area (Å²) in [6.45, 7) is 5.98. The fourth-order valence-corrected chi connectivity index (χ4v) is 3.21. The van der Waals surface area contributed by atoms with E-state index in [2.05, 4.69) is 66.2 Å². The van der Waals surface area contributed by atoms with Gasteiger partial charge in [0.1, 0.15) is 11.5 Å². The van der Waals surface area contributed by atoms with Crippen LogP contribution in [0.15, 0.2) is 36.4 Å². The van der Waals surface area contributed by atoms with Gasteiger partial charge in [-0.05, 0) is 44.2 Å². The Morgan fingerprint density at radius 1 is 0.800 bits per heavy atom. The molecule has 0 bridgehead atoms. The summed E-state index contributed by atoms with van der Waals surface area (Å²) in [6, 6.07) is 12.5. The first-order valence-electron chi connectivity index (χ1n) is 9.67. The van der Waals surface area contributed by atoms with Gasteiger partial charge in [-0.3, -0.25) is 0 Å². The highest BCUT2D eigenvalue weighted by Gasteiger charge is 2.08. The van der Waals surface area contributed by atoms with Gasteiger partial charge < -0.3 is 9.47 Å². The second-order valence-electron chi connectivity index (χ2n) is 6.51. The molecule has 0 aliphatic carbocycles. The highest BCUT2D eigenvalue weighted by atomic mass is 79.9. The predicted molar refractivity (Wildman–Crippen MR) is 111 cm³/mol. The summed E-state index contributed by atoms with van der Waals surface area (Å²) in [5.74, 6) is 1.92. The number of alkyl halides is 1. The number of hydrogen-bond acceptors (Lipinski definition) is 2. The van der Waals surface area contributed by atoms with Crippen LogP contribution in [0, 0.1) is 0 Å². The number of hydrogen-bond donors (Lipinski definition) is 0. The summed E-state index contributed by atoms with van der Waals surface area (Å²) in [7, 11) is 0. The SMILES string of the molecule is CCCCCOc1ccc(OCCCCC(Br)CC)c2ccccc12. The van der Waals surface area contributed by atoms with Crippen molar-refractivity contribution in [1.29, 1.82) is 0 Å². The van der Waals surface area contributed by atoms with Crippen molar-refractivity contribution in [3.8, 4) is 11.5 Å². The molecule has 138 valence electrons. The molecule has 0 saturated heterocycles. The van der Waals surface area contributed by atoms with E-state index in [0.717, 1.165) is 48.3 Å². The lowest BCUT2D eigenvalue weighted by Crippen LogP contribution is -2.02. The second-order valence-corrected chi connectivity index (χ2v) is 7.81. The van der Waals surface area contributed by atoms with Gasteiger partial charge >= 0.3 is 0 Å². The standard InChI is InChI=1S/C22H31BrO2/c1-3-5-9-16-24-21-14-15-22(20-13-7-6-12-19(20)21)25-17-10-8-11-18(23)4-2/h6-7,12-15,18H,3-5,8-11,16-17H2,1-2H3. The third-order valence-corrected chi connectivity index (χ3v) is 5.57. The molecule has 25 heavy (non-hydrogen) atoms. The summed E-state index contributed by atoms with van der Waals surface area (Å²) in [6.07, 6.45) is 8.22. The van der Waals surface area contributed by atoms with Crippen molar-refractivity contribution in [1.82, 2.24) is 0 Å². The number of rotatable bonds is 12. The van der Waals surface area contributed by atoms with Crippen LogP contribution in [-0.4, -0.2) is 18.0 Å². The Morgan fingerprint density at radius 2 is 1.36 bits per heavy atom. The van der Waals surface area contributed by atoms with Gasteiger partial charge in [-0.25, -0.2) is 0 Å². The van der Waals surface area contributed by atoms with Crippen LogP contribution in [0.2, 0.25) is 0 Å². The fourth-order valence-electron chi connectivity index (χ4n) is 2.88. The van der Waals surface area contributed by atoms with Crippen molar-refractivity contribution in [2.24, 2.45) is 0 Å². The molecule has 0 heterocycles. The van der Waals surface area contributed by atoms with Gasteiger partial charge in [0.05, 0.1) is 13.2 Å². The molecule has 2 rings (SSSR count). The summed E-state index contributed by atoms with van der Waals surface area (Å²) in [5, 5.41) is 2.28. The quantitative estimate of drug-likeness (QED) is 0.275. The smallest absolute Gasteiger partial charge is 0.127 e. The topological polar surface area (TPSA) is 18.5 Å². The zero-order valence-corrected chi connectivity index (χ0v) is 17.2. The van der Waals surface area contributed by atoms with Gasteiger partial charge in [0.15, 0.2) is 0 Å². The van der Waals surface area contributed by atoms with E-state index in [0.29, 0.717) is 4.83 Å². The molecule has 0 N–H and O–H groups in total. The molecule has 3 heteroatoms. The Balaban J connectivity index is 1.94. The van der Waals surface area contributed by atoms with Crippen LogP contribution in [0.5, 0.6) is 11.5 Å². The predicted octanol–water partition coefficient (Wildman–Crippen LogP) is 7.13. The van der Waals surface area contributed by atoms with E-state index in [1.54, 1.807) is 0 Å². The molecule has 0 aliphatic heterocycles. The molecule has 0 aromatic heterocycles. The van der Waals surface area contributed by atoms with Crippen molar-refractivity contribution in [2.75, 3.05) is 13.2 Å². The number of benzene rings is 2. The van der Waals surface area contributed by atoms with Crippen LogP contribution in [0.25, 0.3) is 10.8 Å². The number of halogens is 1. The Morgan fingerprint density at radius 3 is 1.88 bits per heavy atom. The lowest BCUT2D eigenvalue weighted by atomic mass is 10.1. The number of unbranched alkanes of at least 4 members (excludes halogenated alkanes) is 3. The molecular formula is C22H31BrO2. The van der Waals surface area contributed by atoms with Gasteiger partial charge in [-0.2, -0.15) is 0 Å². The molecule has 1 unspecified atom stereocenters. The van der Waals surface area contributed by atoms with Crippen molar-refractivity contribution in [3.05, 3.63) is 36.4 Å². The lowest BCUT2D eigenvalue weighted by molar-refractivity contribution is 0.302. The van der Waals surface area contributed by atoms with E-state index < -0.39 is 0 Å². The fraction of sp³-hybridized carbons (Fsp3) is 0.545. The minimum Gasteiger partial charge on any atom is -0.493 e. The summed E-state index contributed by atoms with van der Waals surface area (Å²) < 4.78 is 12.1. The number of fused-ring (bicyclic) bond motifs is 1. The molecular weight excluding hydrogens is 376 g/mol. The van der Waals surface area contributed by atoms with Crippen molar-refractivity contribution in [2.45, 2.75) is 63.6 Å². The molecule has 1 atom stereocenters. The molecule has 0 spiro atoms. The van der Waals surface area contributed by atoms with Crippen LogP contribution >= 0.6 is 15.9 Å². The largest absolute Gasteiger partial charge is 0.493 e. The third-order valence-electron chi connectivity index (χ3n) is 4.46. The summed E-state index contributed by atoms with van der Waals surface area (Å²) >= 11 is 3.69. The molecule has 0 fully saturated rings. The minimum absolute atomic E-state index is 0.637. The van der Waals surface area contributed by atoms with Crippen molar-refractivity contribution < 1.29 is 9.47 Å². The first-order valence-corrected chi connectivity index (χ1v) is 10.6. The maximum atomic E-state index is 6.06. The van der Waals surface area contributed by atoms with Crippen LogP contribution in [0.3, 0.4) is 0 Å². The average Bonchev–Trinajstić information content (AvgIpc) is 2.65. The summed E-state index contributed by atoms with van der Waals surface area (Å²) in [5.41, 5.74) is 0. The minimum atomic E-state index is 0.637. The third kappa shape index (κ3) is 6.54. The molecule has 0 saturated carbocycles. The molecule has 0 radical (unpaired) electrons. The first kappa shape index (κ1) is 20.1. The van der Waals surface area contributed by atoms with Crippen LogP contribution in [0.1, 0.15) is 58.8 Å². The van der Waals surface area contributed by atoms with Crippen LogP contribution in [0.4, 0.5) is 0 Å². The molecule has 2 aromatic rings. The zero-order valence-electron chi connectivity index (χ0n) is 15.6. The van der Waals surface area contributed by atoms with E-state index in [4.69, 9.17) is 9.47 Å². The van der Waals surface area contributed by atoms with E-state index in [1.165, 1.54) is 32.1 Å². The second kappa shape index (κ2) is 11.4. The van der Waals surface area contributed by atoms with E-state index >= 15 is 0 Å². The van der Waals surface area contributed by atoms with E-state index in [1.807, 2.05) is 0 Å². The molecule has 0 aliphatic rings. The Hall–Kier alpha value is -1.22. The monoisotopic (exact) mass is 406 g/mol. The highest BCUT2D eigenvalue weighted by Crippen LogP contribution is 2.33. The first-order chi connectivity index (χ1) is 12.3. The van der Waals surface area contributed by atoms with Gasteiger partial charge in [0, 0.05) is 15.6 Å². The normalized spacial score (nSPS) is 12.3. The van der Waals surface area contributed by atoms with Crippen LogP contribution in [-0.2, 0) is 0 Å². The average molecular weight is 407 g/mol. The number of ether oxygens (including phenoxy) is 2. The van der Waals surface area contributed by atoms with E-state index in [-0.39, 0.29) is 0 Å². The maximum absolute atomic E-state index is 6.06. The maximum Gasteiger partial charge on any atom is 0.127 e. The van der Waals surface area contributed by atoms with Crippen molar-refractivity contribution >= 4 is 26.7 Å². The van der Waals surface area contributed by atoms with Gasteiger partial charge in [-0.1, -0.05) is 66.9 Å². The summed E-state index contributed by atoms with van der Waals surface area (Å²) in [4.78, 5) is 0.637. The van der Waals surface area contributed by atoms with Crippen LogP contribution < -0.4 is 9.47 Å². The van der Waals surface area contributed by atoms with E-state index in [9.17, 15) is 0 Å². The zero-order chi connectivity index (χ0) is 17.9. The Labute approximate surface area is 161 Å². The molecule has 2 aromatic carbocycles. The molecule has 2 nitrogen and oxygen atoms in total. The van der Waals surface area contributed by atoms with Gasteiger partial charge in [0.25, 0.3) is 0 Å². The lowest BCUT2D eigenvalue weighted by Gasteiger charge is -2.14. The van der Waals surface area contributed by atoms with Gasteiger partial charge in [-0.15, -0.1) is 0 Å². The molecule has 0 amide bonds. The Bertz CT molecular complexity index is 626. The Kier molecular flexibility index (Phi) is 9.17. The van der Waals surface area contributed by atoms with Crippen molar-refractivity contribution in [3.63, 3.8) is 0 Å².